The maximum atomic E-state index is 6.23. The zero-order chi connectivity index (χ0) is 13.5. The Labute approximate surface area is 120 Å². The first-order chi connectivity index (χ1) is 8.54. The van der Waals surface area contributed by atoms with Crippen LogP contribution in [0.15, 0.2) is 28.7 Å². The van der Waals surface area contributed by atoms with Crippen molar-refractivity contribution in [3.05, 3.63) is 34.3 Å². The molecule has 2 atom stereocenters. The fourth-order valence-electron chi connectivity index (χ4n) is 2.08. The van der Waals surface area contributed by atoms with Gasteiger partial charge in [0.25, 0.3) is 0 Å². The fraction of sp³-hybridized carbons (Fsp3) is 0.600. The van der Waals surface area contributed by atoms with E-state index in [2.05, 4.69) is 66.0 Å². The normalized spacial score (nSPS) is 14.8. The smallest absolute Gasteiger partial charge is 0.0307 e. The van der Waals surface area contributed by atoms with Gasteiger partial charge in [-0.05, 0) is 51.1 Å². The molecular formula is C15H25BrN2. The molecular weight excluding hydrogens is 288 g/mol. The Morgan fingerprint density at radius 3 is 2.39 bits per heavy atom. The Morgan fingerprint density at radius 1 is 1.22 bits per heavy atom. The Morgan fingerprint density at radius 2 is 1.83 bits per heavy atom. The lowest BCUT2D eigenvalue weighted by Gasteiger charge is -2.25. The van der Waals surface area contributed by atoms with E-state index in [1.54, 1.807) is 0 Å². The van der Waals surface area contributed by atoms with E-state index in [9.17, 15) is 0 Å². The molecule has 2 nitrogen and oxygen atoms in total. The molecule has 2 N–H and O–H groups in total. The third-order valence-corrected chi connectivity index (χ3v) is 4.08. The van der Waals surface area contributed by atoms with Crippen LogP contribution in [0.4, 0.5) is 0 Å². The van der Waals surface area contributed by atoms with E-state index in [1.165, 1.54) is 18.4 Å². The molecule has 2 unspecified atom stereocenters. The molecule has 1 aromatic rings. The zero-order valence-corrected chi connectivity index (χ0v) is 13.3. The van der Waals surface area contributed by atoms with Gasteiger partial charge in [0, 0.05) is 16.6 Å². The van der Waals surface area contributed by atoms with E-state index in [1.807, 2.05) is 0 Å². The summed E-state index contributed by atoms with van der Waals surface area (Å²) in [6.07, 6.45) is 3.50. The predicted molar refractivity (Wildman–Crippen MR) is 82.7 cm³/mol. The molecule has 18 heavy (non-hydrogen) atoms. The molecule has 0 aliphatic heterocycles. The summed E-state index contributed by atoms with van der Waals surface area (Å²) in [6.45, 7) is 5.57. The van der Waals surface area contributed by atoms with Crippen molar-refractivity contribution in [2.75, 3.05) is 13.6 Å². The van der Waals surface area contributed by atoms with Gasteiger partial charge < -0.3 is 10.6 Å². The molecule has 0 amide bonds. The van der Waals surface area contributed by atoms with Crippen LogP contribution in [-0.4, -0.2) is 24.5 Å². The monoisotopic (exact) mass is 312 g/mol. The van der Waals surface area contributed by atoms with Crippen molar-refractivity contribution < 1.29 is 0 Å². The Bertz CT molecular complexity index is 337. The topological polar surface area (TPSA) is 29.3 Å². The van der Waals surface area contributed by atoms with E-state index in [4.69, 9.17) is 5.73 Å². The molecule has 0 fully saturated rings. The minimum absolute atomic E-state index is 0.134. The first kappa shape index (κ1) is 15.7. The molecule has 0 radical (unpaired) electrons. The molecule has 0 aromatic heterocycles. The molecule has 0 saturated carbocycles. The third kappa shape index (κ3) is 5.09. The molecule has 1 rings (SSSR count). The molecule has 0 bridgehead atoms. The van der Waals surface area contributed by atoms with E-state index in [0.717, 1.165) is 17.4 Å². The van der Waals surface area contributed by atoms with Gasteiger partial charge >= 0.3 is 0 Å². The minimum atomic E-state index is 0.134. The summed E-state index contributed by atoms with van der Waals surface area (Å²) in [7, 11) is 2.19. The molecule has 102 valence electrons. The quantitative estimate of drug-likeness (QED) is 0.825. The SMILES string of the molecule is CCCC(C)N(C)CCC(N)c1ccc(Br)cc1. The highest BCUT2D eigenvalue weighted by atomic mass is 79.9. The van der Waals surface area contributed by atoms with Crippen molar-refractivity contribution in [1.29, 1.82) is 0 Å². The number of rotatable bonds is 7. The van der Waals surface area contributed by atoms with Crippen LogP contribution < -0.4 is 5.73 Å². The maximum Gasteiger partial charge on any atom is 0.0307 e. The van der Waals surface area contributed by atoms with Crippen molar-refractivity contribution in [2.45, 2.75) is 45.2 Å². The highest BCUT2D eigenvalue weighted by Crippen LogP contribution is 2.18. The van der Waals surface area contributed by atoms with Crippen molar-refractivity contribution >= 4 is 15.9 Å². The Hall–Kier alpha value is -0.380. The number of hydrogen-bond donors (Lipinski definition) is 1. The van der Waals surface area contributed by atoms with E-state index in [0.29, 0.717) is 6.04 Å². The Balaban J connectivity index is 2.41. The molecule has 0 saturated heterocycles. The molecule has 3 heteroatoms. The van der Waals surface area contributed by atoms with Gasteiger partial charge in [0.05, 0.1) is 0 Å². The highest BCUT2D eigenvalue weighted by molar-refractivity contribution is 9.10. The van der Waals surface area contributed by atoms with E-state index in [-0.39, 0.29) is 6.04 Å². The second-order valence-electron chi connectivity index (χ2n) is 5.07. The summed E-state index contributed by atoms with van der Waals surface area (Å²) >= 11 is 3.44. The van der Waals surface area contributed by atoms with E-state index >= 15 is 0 Å². The molecule has 1 aromatic carbocycles. The average molecular weight is 313 g/mol. The summed E-state index contributed by atoms with van der Waals surface area (Å²) in [5.74, 6) is 0. The summed E-state index contributed by atoms with van der Waals surface area (Å²) in [6, 6.07) is 9.09. The van der Waals surface area contributed by atoms with Gasteiger partial charge in [-0.15, -0.1) is 0 Å². The molecule has 0 aliphatic carbocycles. The zero-order valence-electron chi connectivity index (χ0n) is 11.7. The van der Waals surface area contributed by atoms with Crippen molar-refractivity contribution in [1.82, 2.24) is 4.90 Å². The maximum absolute atomic E-state index is 6.23. The summed E-state index contributed by atoms with van der Waals surface area (Å²) < 4.78 is 1.10. The first-order valence-corrected chi connectivity index (χ1v) is 7.55. The lowest BCUT2D eigenvalue weighted by Crippen LogP contribution is -2.31. The minimum Gasteiger partial charge on any atom is -0.324 e. The van der Waals surface area contributed by atoms with Crippen LogP contribution in [0.3, 0.4) is 0 Å². The number of nitrogens with two attached hydrogens (primary N) is 1. The predicted octanol–water partition coefficient (Wildman–Crippen LogP) is 3.96. The molecule has 0 spiro atoms. The standard InChI is InChI=1S/C15H25BrN2/c1-4-5-12(2)18(3)11-10-15(17)13-6-8-14(16)9-7-13/h6-9,12,15H,4-5,10-11,17H2,1-3H3. The van der Waals surface area contributed by atoms with Crippen LogP contribution in [0.5, 0.6) is 0 Å². The van der Waals surface area contributed by atoms with Gasteiger partial charge in [0.15, 0.2) is 0 Å². The summed E-state index contributed by atoms with van der Waals surface area (Å²) in [5, 5.41) is 0. The van der Waals surface area contributed by atoms with Gasteiger partial charge in [-0.3, -0.25) is 0 Å². The van der Waals surface area contributed by atoms with Gasteiger partial charge in [0.1, 0.15) is 0 Å². The number of halogens is 1. The van der Waals surface area contributed by atoms with Crippen molar-refractivity contribution in [2.24, 2.45) is 5.73 Å². The van der Waals surface area contributed by atoms with E-state index < -0.39 is 0 Å². The summed E-state index contributed by atoms with van der Waals surface area (Å²) in [5.41, 5.74) is 7.44. The van der Waals surface area contributed by atoms with Crippen LogP contribution in [0, 0.1) is 0 Å². The number of hydrogen-bond acceptors (Lipinski definition) is 2. The fourth-order valence-corrected chi connectivity index (χ4v) is 2.34. The molecule has 0 aliphatic rings. The van der Waals surface area contributed by atoms with Gasteiger partial charge in [-0.25, -0.2) is 0 Å². The number of nitrogens with zero attached hydrogens (tertiary/aromatic N) is 1. The Kier molecular flexibility index (Phi) is 6.90. The second-order valence-corrected chi connectivity index (χ2v) is 5.98. The van der Waals surface area contributed by atoms with Crippen LogP contribution in [0.25, 0.3) is 0 Å². The van der Waals surface area contributed by atoms with Crippen LogP contribution >= 0.6 is 15.9 Å². The average Bonchev–Trinajstić information content (AvgIpc) is 2.36. The van der Waals surface area contributed by atoms with Crippen LogP contribution in [-0.2, 0) is 0 Å². The highest BCUT2D eigenvalue weighted by Gasteiger charge is 2.11. The van der Waals surface area contributed by atoms with Crippen LogP contribution in [0.1, 0.15) is 44.7 Å². The lowest BCUT2D eigenvalue weighted by atomic mass is 10.0. The van der Waals surface area contributed by atoms with Gasteiger partial charge in [-0.2, -0.15) is 0 Å². The lowest BCUT2D eigenvalue weighted by molar-refractivity contribution is 0.236. The van der Waals surface area contributed by atoms with Crippen LogP contribution in [0.2, 0.25) is 0 Å². The van der Waals surface area contributed by atoms with Crippen molar-refractivity contribution in [3.63, 3.8) is 0 Å². The summed E-state index contributed by atoms with van der Waals surface area (Å²) in [4.78, 5) is 2.40. The van der Waals surface area contributed by atoms with Gasteiger partial charge in [-0.1, -0.05) is 41.4 Å². The number of benzene rings is 1. The first-order valence-electron chi connectivity index (χ1n) is 6.75. The van der Waals surface area contributed by atoms with Gasteiger partial charge in [0.2, 0.25) is 0 Å². The molecule has 0 heterocycles. The third-order valence-electron chi connectivity index (χ3n) is 3.55. The largest absolute Gasteiger partial charge is 0.324 e. The van der Waals surface area contributed by atoms with Crippen molar-refractivity contribution in [3.8, 4) is 0 Å². The second kappa shape index (κ2) is 7.93.